The number of carbonyl (C=O) groups is 1. The van der Waals surface area contributed by atoms with E-state index in [0.717, 1.165) is 17.8 Å². The van der Waals surface area contributed by atoms with Gasteiger partial charge < -0.3 is 10.2 Å². The molecule has 0 saturated carbocycles. The second-order valence-electron chi connectivity index (χ2n) is 9.28. The van der Waals surface area contributed by atoms with Gasteiger partial charge in [-0.05, 0) is 104 Å². The number of anilines is 2. The molecule has 1 atom stereocenters. The van der Waals surface area contributed by atoms with Crippen LogP contribution in [0.4, 0.5) is 11.4 Å². The number of hydrogen-bond acceptors (Lipinski definition) is 4. The Hall–Kier alpha value is -1.42. The molecule has 2 aromatic carbocycles. The van der Waals surface area contributed by atoms with Crippen molar-refractivity contribution in [1.82, 2.24) is 4.31 Å². The predicted molar refractivity (Wildman–Crippen MR) is 144 cm³/mol. The summed E-state index contributed by atoms with van der Waals surface area (Å²) in [5.41, 5.74) is 3.08. The molecule has 2 aromatic rings. The van der Waals surface area contributed by atoms with Crippen LogP contribution in [-0.4, -0.2) is 44.3 Å². The van der Waals surface area contributed by atoms with E-state index >= 15 is 0 Å². The molecule has 9 heteroatoms. The number of rotatable bonds is 5. The van der Waals surface area contributed by atoms with Crippen LogP contribution in [0, 0.1) is 12.8 Å². The number of sulfonamides is 1. The monoisotopic (exact) mass is 611 g/mol. The number of amides is 1. The summed E-state index contributed by atoms with van der Waals surface area (Å²) in [4.78, 5) is 15.7. The normalized spacial score (nSPS) is 20.4. The Morgan fingerprint density at radius 1 is 1.00 bits per heavy atom. The van der Waals surface area contributed by atoms with E-state index in [1.807, 2.05) is 13.0 Å². The molecular formula is C25H31Br2N3O3S. The fourth-order valence-corrected chi connectivity index (χ4v) is 7.79. The molecule has 2 fully saturated rings. The first-order valence-corrected chi connectivity index (χ1v) is 14.8. The fraction of sp³-hybridized carbons (Fsp3) is 0.480. The highest BCUT2D eigenvalue weighted by Crippen LogP contribution is 2.32. The first kappa shape index (κ1) is 25.7. The lowest BCUT2D eigenvalue weighted by Crippen LogP contribution is -2.41. The standard InChI is InChI=1S/C25H31Br2N3O3S/c1-17-15-21(30-12-4-3-5-18(30)2)7-9-23(17)28-25(31)19-10-13-29(14-11-19)34(32,33)24-16-20(26)6-8-22(24)27/h6-9,15-16,18-19H,3-5,10-14H2,1-2H3,(H,28,31). The first-order valence-electron chi connectivity index (χ1n) is 11.8. The number of nitrogens with zero attached hydrogens (tertiary/aromatic N) is 2. The highest BCUT2D eigenvalue weighted by molar-refractivity contribution is 9.11. The van der Waals surface area contributed by atoms with Crippen LogP contribution in [0.5, 0.6) is 0 Å². The molecule has 0 aromatic heterocycles. The van der Waals surface area contributed by atoms with Crippen LogP contribution in [-0.2, 0) is 14.8 Å². The summed E-state index contributed by atoms with van der Waals surface area (Å²) < 4.78 is 29.0. The molecule has 2 saturated heterocycles. The predicted octanol–water partition coefficient (Wildman–Crippen LogP) is 5.94. The number of nitrogens with one attached hydrogen (secondary N) is 1. The average Bonchev–Trinajstić information content (AvgIpc) is 2.82. The van der Waals surface area contributed by atoms with E-state index < -0.39 is 10.0 Å². The molecule has 184 valence electrons. The fourth-order valence-electron chi connectivity index (χ4n) is 4.86. The van der Waals surface area contributed by atoms with E-state index in [1.54, 1.807) is 18.2 Å². The Kier molecular flexibility index (Phi) is 8.06. The molecule has 0 spiro atoms. The van der Waals surface area contributed by atoms with Gasteiger partial charge in [-0.2, -0.15) is 4.31 Å². The summed E-state index contributed by atoms with van der Waals surface area (Å²) in [5.74, 6) is -0.249. The SMILES string of the molecule is Cc1cc(N2CCCCC2C)ccc1NC(=O)C1CCN(S(=O)(=O)c2cc(Br)ccc2Br)CC1. The van der Waals surface area contributed by atoms with Crippen molar-refractivity contribution in [3.63, 3.8) is 0 Å². The lowest BCUT2D eigenvalue weighted by molar-refractivity contribution is -0.120. The first-order chi connectivity index (χ1) is 16.2. The van der Waals surface area contributed by atoms with E-state index in [4.69, 9.17) is 0 Å². The van der Waals surface area contributed by atoms with Gasteiger partial charge in [0.25, 0.3) is 0 Å². The second-order valence-corrected chi connectivity index (χ2v) is 13.0. The average molecular weight is 613 g/mol. The number of carbonyl (C=O) groups excluding carboxylic acids is 1. The van der Waals surface area contributed by atoms with Crippen molar-refractivity contribution < 1.29 is 13.2 Å². The lowest BCUT2D eigenvalue weighted by atomic mass is 9.97. The van der Waals surface area contributed by atoms with Crippen LogP contribution >= 0.6 is 31.9 Å². The maximum absolute atomic E-state index is 13.1. The highest BCUT2D eigenvalue weighted by atomic mass is 79.9. The molecule has 4 rings (SSSR count). The minimum atomic E-state index is -3.63. The maximum Gasteiger partial charge on any atom is 0.244 e. The highest BCUT2D eigenvalue weighted by Gasteiger charge is 2.33. The van der Waals surface area contributed by atoms with Gasteiger partial charge in [0, 0.05) is 51.9 Å². The number of halogens is 2. The lowest BCUT2D eigenvalue weighted by Gasteiger charge is -2.35. The molecule has 0 radical (unpaired) electrons. The summed E-state index contributed by atoms with van der Waals surface area (Å²) in [6.45, 7) is 6.02. The van der Waals surface area contributed by atoms with Gasteiger partial charge in [0.15, 0.2) is 0 Å². The van der Waals surface area contributed by atoms with Gasteiger partial charge in [0.1, 0.15) is 0 Å². The van der Waals surface area contributed by atoms with Crippen LogP contribution in [0.3, 0.4) is 0 Å². The van der Waals surface area contributed by atoms with Crippen LogP contribution < -0.4 is 10.2 Å². The van der Waals surface area contributed by atoms with E-state index in [0.29, 0.717) is 40.9 Å². The summed E-state index contributed by atoms with van der Waals surface area (Å²) >= 11 is 6.70. The second kappa shape index (κ2) is 10.7. The van der Waals surface area contributed by atoms with Crippen LogP contribution in [0.25, 0.3) is 0 Å². The number of hydrogen-bond donors (Lipinski definition) is 1. The molecule has 2 aliphatic rings. The third kappa shape index (κ3) is 5.53. The number of piperidine rings is 2. The molecule has 2 heterocycles. The van der Waals surface area contributed by atoms with Crippen LogP contribution in [0.2, 0.25) is 0 Å². The topological polar surface area (TPSA) is 69.7 Å². The van der Waals surface area contributed by atoms with E-state index in [-0.39, 0.29) is 16.7 Å². The van der Waals surface area contributed by atoms with Gasteiger partial charge >= 0.3 is 0 Å². The van der Waals surface area contributed by atoms with Crippen molar-refractivity contribution in [2.75, 3.05) is 29.9 Å². The molecule has 1 amide bonds. The zero-order valence-electron chi connectivity index (χ0n) is 19.6. The van der Waals surface area contributed by atoms with Crippen LogP contribution in [0.1, 0.15) is 44.6 Å². The number of benzene rings is 2. The molecule has 1 N–H and O–H groups in total. The Balaban J connectivity index is 1.38. The minimum Gasteiger partial charge on any atom is -0.369 e. The van der Waals surface area contributed by atoms with Crippen molar-refractivity contribution in [3.8, 4) is 0 Å². The zero-order valence-corrected chi connectivity index (χ0v) is 23.5. The zero-order chi connectivity index (χ0) is 24.5. The third-order valence-corrected chi connectivity index (χ3v) is 10.3. The summed E-state index contributed by atoms with van der Waals surface area (Å²) in [6, 6.07) is 11.9. The maximum atomic E-state index is 13.1. The number of aryl methyl sites for hydroxylation is 1. The van der Waals surface area contributed by atoms with E-state index in [2.05, 4.69) is 61.1 Å². The Morgan fingerprint density at radius 3 is 2.41 bits per heavy atom. The van der Waals surface area contributed by atoms with Gasteiger partial charge in [-0.3, -0.25) is 4.79 Å². The molecule has 1 unspecified atom stereocenters. The summed E-state index contributed by atoms with van der Waals surface area (Å²) in [7, 11) is -3.63. The van der Waals surface area contributed by atoms with Crippen LogP contribution in [0.15, 0.2) is 50.2 Å². The van der Waals surface area contributed by atoms with Gasteiger partial charge in [-0.15, -0.1) is 0 Å². The van der Waals surface area contributed by atoms with Gasteiger partial charge in [-0.25, -0.2) is 8.42 Å². The molecular weight excluding hydrogens is 582 g/mol. The minimum absolute atomic E-state index is 0.0390. The van der Waals surface area contributed by atoms with Gasteiger partial charge in [0.2, 0.25) is 15.9 Å². The van der Waals surface area contributed by atoms with Crippen molar-refractivity contribution in [2.45, 2.75) is 56.9 Å². The molecule has 0 aliphatic carbocycles. The Bertz CT molecular complexity index is 1160. The van der Waals surface area contributed by atoms with E-state index in [1.165, 1.54) is 29.3 Å². The van der Waals surface area contributed by atoms with Crippen molar-refractivity contribution in [1.29, 1.82) is 0 Å². The quantitative estimate of drug-likeness (QED) is 0.454. The Labute approximate surface area is 219 Å². The van der Waals surface area contributed by atoms with Gasteiger partial charge in [0.05, 0.1) is 4.90 Å². The summed E-state index contributed by atoms with van der Waals surface area (Å²) in [5, 5.41) is 3.08. The Morgan fingerprint density at radius 2 is 1.74 bits per heavy atom. The van der Waals surface area contributed by atoms with Gasteiger partial charge in [-0.1, -0.05) is 15.9 Å². The molecule has 34 heavy (non-hydrogen) atoms. The molecule has 0 bridgehead atoms. The van der Waals surface area contributed by atoms with Crippen molar-refractivity contribution in [2.24, 2.45) is 5.92 Å². The van der Waals surface area contributed by atoms with Crippen molar-refractivity contribution >= 4 is 59.2 Å². The summed E-state index contributed by atoms with van der Waals surface area (Å²) in [6.07, 6.45) is 4.71. The largest absolute Gasteiger partial charge is 0.369 e. The molecule has 2 aliphatic heterocycles. The molecule has 6 nitrogen and oxygen atoms in total. The van der Waals surface area contributed by atoms with Crippen molar-refractivity contribution in [3.05, 3.63) is 50.9 Å². The van der Waals surface area contributed by atoms with E-state index in [9.17, 15) is 13.2 Å². The smallest absolute Gasteiger partial charge is 0.244 e. The third-order valence-electron chi connectivity index (χ3n) is 6.94.